The van der Waals surface area contributed by atoms with Crippen molar-refractivity contribution in [3.05, 3.63) is 30.3 Å². The molecule has 3 nitrogen and oxygen atoms in total. The largest absolute Gasteiger partial charge is 0.477 e. The quantitative estimate of drug-likeness (QED) is 0.753. The molecule has 1 amide bonds. The molecule has 0 spiro atoms. The topological polar surface area (TPSA) is 29.5 Å². The number of nitrogens with zero attached hydrogens (tertiary/aromatic N) is 1. The molecule has 1 radical (unpaired) electrons. The van der Waals surface area contributed by atoms with Crippen LogP contribution in [0, 0.1) is 6.07 Å². The van der Waals surface area contributed by atoms with Crippen LogP contribution in [0.2, 0.25) is 0 Å². The number of benzene rings is 1. The number of amides is 1. The van der Waals surface area contributed by atoms with Crippen molar-refractivity contribution in [1.82, 2.24) is 4.90 Å². The molecule has 81 valence electrons. The van der Waals surface area contributed by atoms with Gasteiger partial charge in [-0.1, -0.05) is 18.2 Å². The summed E-state index contributed by atoms with van der Waals surface area (Å²) in [5.41, 5.74) is -0.860. The minimum atomic E-state index is -0.860. The SMILES string of the molecule is CN(C)C(=O)C(C)(C)Oc1[c]cccc1. The second-order valence-electron chi connectivity index (χ2n) is 4.04. The summed E-state index contributed by atoms with van der Waals surface area (Å²) in [4.78, 5) is 13.3. The van der Waals surface area contributed by atoms with Crippen molar-refractivity contribution in [2.75, 3.05) is 14.1 Å². The summed E-state index contributed by atoms with van der Waals surface area (Å²) < 4.78 is 5.58. The van der Waals surface area contributed by atoms with Gasteiger partial charge in [0.15, 0.2) is 5.60 Å². The van der Waals surface area contributed by atoms with Gasteiger partial charge < -0.3 is 9.64 Å². The third-order valence-corrected chi connectivity index (χ3v) is 1.97. The molecular weight excluding hydrogens is 190 g/mol. The Morgan fingerprint density at radius 2 is 2.07 bits per heavy atom. The highest BCUT2D eigenvalue weighted by molar-refractivity contribution is 5.84. The molecule has 0 aromatic heterocycles. The first-order valence-corrected chi connectivity index (χ1v) is 4.81. The van der Waals surface area contributed by atoms with Crippen LogP contribution in [-0.2, 0) is 4.79 Å². The fraction of sp³-hybridized carbons (Fsp3) is 0.417. The molecule has 0 saturated carbocycles. The second kappa shape index (κ2) is 4.34. The maximum atomic E-state index is 11.8. The lowest BCUT2D eigenvalue weighted by atomic mass is 10.1. The van der Waals surface area contributed by atoms with E-state index >= 15 is 0 Å². The van der Waals surface area contributed by atoms with Crippen LogP contribution in [0.5, 0.6) is 5.75 Å². The first kappa shape index (κ1) is 11.6. The van der Waals surface area contributed by atoms with Crippen molar-refractivity contribution < 1.29 is 9.53 Å². The van der Waals surface area contributed by atoms with Crippen LogP contribution in [0.1, 0.15) is 13.8 Å². The molecule has 0 aliphatic rings. The van der Waals surface area contributed by atoms with Gasteiger partial charge in [0.25, 0.3) is 5.91 Å². The molecule has 3 heteroatoms. The smallest absolute Gasteiger partial charge is 0.265 e. The van der Waals surface area contributed by atoms with E-state index < -0.39 is 5.60 Å². The molecule has 0 bridgehead atoms. The number of ether oxygens (including phenoxy) is 1. The molecule has 0 aliphatic carbocycles. The Hall–Kier alpha value is -1.51. The number of rotatable bonds is 3. The van der Waals surface area contributed by atoms with E-state index in [2.05, 4.69) is 6.07 Å². The zero-order valence-electron chi connectivity index (χ0n) is 9.57. The van der Waals surface area contributed by atoms with Crippen LogP contribution >= 0.6 is 0 Å². The molecule has 15 heavy (non-hydrogen) atoms. The Morgan fingerprint density at radius 1 is 1.40 bits per heavy atom. The number of carbonyl (C=O) groups is 1. The Morgan fingerprint density at radius 3 is 2.53 bits per heavy atom. The van der Waals surface area contributed by atoms with Crippen LogP contribution in [0.4, 0.5) is 0 Å². The van der Waals surface area contributed by atoms with Gasteiger partial charge in [0, 0.05) is 20.2 Å². The highest BCUT2D eigenvalue weighted by Crippen LogP contribution is 2.18. The molecule has 0 atom stereocenters. The molecule has 0 aliphatic heterocycles. The molecule has 1 rings (SSSR count). The third-order valence-electron chi connectivity index (χ3n) is 1.97. The number of para-hydroxylation sites is 1. The summed E-state index contributed by atoms with van der Waals surface area (Å²) in [5, 5.41) is 0. The van der Waals surface area contributed by atoms with E-state index in [1.54, 1.807) is 40.1 Å². The van der Waals surface area contributed by atoms with Crippen LogP contribution < -0.4 is 4.74 Å². The molecule has 0 saturated heterocycles. The monoisotopic (exact) mass is 206 g/mol. The van der Waals surface area contributed by atoms with Crippen molar-refractivity contribution in [1.29, 1.82) is 0 Å². The summed E-state index contributed by atoms with van der Waals surface area (Å²) in [6.45, 7) is 3.49. The molecule has 0 N–H and O–H groups in total. The van der Waals surface area contributed by atoms with Gasteiger partial charge in [-0.15, -0.1) is 0 Å². The van der Waals surface area contributed by atoms with E-state index in [-0.39, 0.29) is 5.91 Å². The van der Waals surface area contributed by atoms with Crippen molar-refractivity contribution >= 4 is 5.91 Å². The van der Waals surface area contributed by atoms with Crippen molar-refractivity contribution in [3.63, 3.8) is 0 Å². The summed E-state index contributed by atoms with van der Waals surface area (Å²) in [5.74, 6) is 0.512. The fourth-order valence-corrected chi connectivity index (χ4v) is 1.30. The highest BCUT2D eigenvalue weighted by Gasteiger charge is 2.31. The second-order valence-corrected chi connectivity index (χ2v) is 4.04. The van der Waals surface area contributed by atoms with E-state index in [0.29, 0.717) is 5.75 Å². The van der Waals surface area contributed by atoms with Gasteiger partial charge in [-0.05, 0) is 19.9 Å². The molecule has 1 aromatic carbocycles. The van der Waals surface area contributed by atoms with E-state index in [0.717, 1.165) is 0 Å². The van der Waals surface area contributed by atoms with Crippen molar-refractivity contribution in [3.8, 4) is 5.75 Å². The summed E-state index contributed by atoms with van der Waals surface area (Å²) in [6.07, 6.45) is 0. The number of likely N-dealkylation sites (N-methyl/N-ethyl adjacent to an activating group) is 1. The number of hydrogen-bond donors (Lipinski definition) is 0. The van der Waals surface area contributed by atoms with E-state index in [1.165, 1.54) is 4.90 Å². The molecule has 0 heterocycles. The fourth-order valence-electron chi connectivity index (χ4n) is 1.30. The Labute approximate surface area is 90.7 Å². The van der Waals surface area contributed by atoms with Crippen molar-refractivity contribution in [2.24, 2.45) is 0 Å². The average Bonchev–Trinajstić information content (AvgIpc) is 2.17. The lowest BCUT2D eigenvalue weighted by Gasteiger charge is -2.27. The molecule has 0 fully saturated rings. The minimum absolute atomic E-state index is 0.0697. The molecule has 0 unspecified atom stereocenters. The van der Waals surface area contributed by atoms with Gasteiger partial charge in [0.05, 0.1) is 0 Å². The predicted molar refractivity (Wildman–Crippen MR) is 58.7 cm³/mol. The number of carbonyl (C=O) groups excluding carboxylic acids is 1. The summed E-state index contributed by atoms with van der Waals surface area (Å²) in [7, 11) is 3.42. The third kappa shape index (κ3) is 2.98. The zero-order chi connectivity index (χ0) is 11.5. The number of hydrogen-bond acceptors (Lipinski definition) is 2. The van der Waals surface area contributed by atoms with E-state index in [1.807, 2.05) is 12.1 Å². The minimum Gasteiger partial charge on any atom is -0.477 e. The lowest BCUT2D eigenvalue weighted by Crippen LogP contribution is -2.45. The van der Waals surface area contributed by atoms with Gasteiger partial charge in [-0.25, -0.2) is 0 Å². The van der Waals surface area contributed by atoms with Gasteiger partial charge in [0.1, 0.15) is 5.75 Å². The average molecular weight is 206 g/mol. The van der Waals surface area contributed by atoms with Crippen LogP contribution in [0.25, 0.3) is 0 Å². The van der Waals surface area contributed by atoms with Gasteiger partial charge in [0.2, 0.25) is 0 Å². The van der Waals surface area contributed by atoms with Gasteiger partial charge in [-0.3, -0.25) is 4.79 Å². The predicted octanol–water partition coefficient (Wildman–Crippen LogP) is 1.73. The van der Waals surface area contributed by atoms with E-state index in [9.17, 15) is 4.79 Å². The maximum absolute atomic E-state index is 11.8. The standard InChI is InChI=1S/C12H16NO2/c1-12(2,11(14)13(3)4)15-10-8-6-5-7-9-10/h5-8H,1-4H3. The lowest BCUT2D eigenvalue weighted by molar-refractivity contribution is -0.142. The van der Waals surface area contributed by atoms with E-state index in [4.69, 9.17) is 4.74 Å². The Balaban J connectivity index is 2.77. The Kier molecular flexibility index (Phi) is 3.35. The molecule has 1 aromatic rings. The Bertz CT molecular complexity index is 331. The van der Waals surface area contributed by atoms with Gasteiger partial charge >= 0.3 is 0 Å². The maximum Gasteiger partial charge on any atom is 0.265 e. The molecular formula is C12H16NO2. The van der Waals surface area contributed by atoms with Crippen LogP contribution in [-0.4, -0.2) is 30.5 Å². The summed E-state index contributed by atoms with van der Waals surface area (Å²) in [6, 6.07) is 10.2. The first-order valence-electron chi connectivity index (χ1n) is 4.81. The van der Waals surface area contributed by atoms with Crippen molar-refractivity contribution in [2.45, 2.75) is 19.4 Å². The van der Waals surface area contributed by atoms with Gasteiger partial charge in [-0.2, -0.15) is 0 Å². The highest BCUT2D eigenvalue weighted by atomic mass is 16.5. The zero-order valence-corrected chi connectivity index (χ0v) is 9.57. The first-order chi connectivity index (χ1) is 6.93. The normalized spacial score (nSPS) is 10.9. The summed E-state index contributed by atoms with van der Waals surface area (Å²) >= 11 is 0. The van der Waals surface area contributed by atoms with Crippen LogP contribution in [0.15, 0.2) is 24.3 Å². The van der Waals surface area contributed by atoms with Crippen LogP contribution in [0.3, 0.4) is 0 Å².